The lowest BCUT2D eigenvalue weighted by Gasteiger charge is -2.33. The standard InChI is InChI=1S/C28H31N3O5S/c1-6-34-23-15-20(26-25(27(33)35-7-2)19(5)29-28-31(26)13-14-37-28)11-12-22(23)36-16-24(32)30-21-10-8-9-17(3)18(21)4/h8-15,26H,6-7,16H2,1-5H3,(H,30,32)/t26-/m1/s1. The Morgan fingerprint density at radius 2 is 1.86 bits per heavy atom. The average molecular weight is 522 g/mol. The van der Waals surface area contributed by atoms with Gasteiger partial charge in [-0.3, -0.25) is 4.79 Å². The number of fused-ring (bicyclic) bond motifs is 1. The maximum atomic E-state index is 12.9. The zero-order chi connectivity index (χ0) is 26.5. The van der Waals surface area contributed by atoms with Crippen LogP contribution < -0.4 is 14.8 Å². The molecule has 2 aliphatic rings. The van der Waals surface area contributed by atoms with E-state index in [9.17, 15) is 9.59 Å². The Bertz CT molecular complexity index is 1300. The second-order valence-electron chi connectivity index (χ2n) is 8.55. The van der Waals surface area contributed by atoms with Gasteiger partial charge in [0.05, 0.1) is 30.5 Å². The number of hydrogen-bond acceptors (Lipinski definition) is 8. The monoisotopic (exact) mass is 521 g/mol. The summed E-state index contributed by atoms with van der Waals surface area (Å²) in [6.45, 7) is 9.94. The Labute approximate surface area is 221 Å². The number of nitrogens with zero attached hydrogens (tertiary/aromatic N) is 2. The molecule has 0 saturated carbocycles. The zero-order valence-electron chi connectivity index (χ0n) is 21.7. The minimum absolute atomic E-state index is 0.175. The molecule has 0 radical (unpaired) electrons. The first-order valence-corrected chi connectivity index (χ1v) is 13.1. The molecule has 0 fully saturated rings. The van der Waals surface area contributed by atoms with Gasteiger partial charge in [-0.15, -0.1) is 0 Å². The van der Waals surface area contributed by atoms with Crippen molar-refractivity contribution in [1.29, 1.82) is 0 Å². The molecule has 1 N–H and O–H groups in total. The van der Waals surface area contributed by atoms with Crippen molar-refractivity contribution in [1.82, 2.24) is 4.90 Å². The Balaban J connectivity index is 1.58. The molecule has 2 aliphatic heterocycles. The lowest BCUT2D eigenvalue weighted by atomic mass is 9.94. The highest BCUT2D eigenvalue weighted by molar-refractivity contribution is 8.16. The van der Waals surface area contributed by atoms with Crippen molar-refractivity contribution >= 4 is 34.5 Å². The number of carbonyl (C=O) groups is 2. The van der Waals surface area contributed by atoms with Crippen LogP contribution in [0, 0.1) is 13.8 Å². The highest BCUT2D eigenvalue weighted by atomic mass is 32.2. The van der Waals surface area contributed by atoms with E-state index in [1.165, 1.54) is 11.8 Å². The lowest BCUT2D eigenvalue weighted by molar-refractivity contribution is -0.139. The molecule has 1 atom stereocenters. The fraction of sp³-hybridized carbons (Fsp3) is 0.321. The highest BCUT2D eigenvalue weighted by Gasteiger charge is 2.37. The number of hydrogen-bond donors (Lipinski definition) is 1. The van der Waals surface area contributed by atoms with Crippen LogP contribution in [0.1, 0.15) is 43.5 Å². The SMILES string of the molecule is CCOC(=O)C1=C(C)N=C2SC=CN2[C@@H]1c1ccc(OCC(=O)Nc2cccc(C)c2C)c(OCC)c1. The number of amides is 1. The van der Waals surface area contributed by atoms with Crippen LogP contribution in [0.25, 0.3) is 0 Å². The summed E-state index contributed by atoms with van der Waals surface area (Å²) in [6.07, 6.45) is 1.90. The number of anilines is 1. The molecular formula is C28H31N3O5S. The number of esters is 1. The predicted octanol–water partition coefficient (Wildman–Crippen LogP) is 5.49. The summed E-state index contributed by atoms with van der Waals surface area (Å²) in [5, 5.41) is 5.63. The molecule has 4 rings (SSSR count). The molecule has 0 saturated heterocycles. The summed E-state index contributed by atoms with van der Waals surface area (Å²) in [5.74, 6) is 0.256. The first-order valence-electron chi connectivity index (χ1n) is 12.2. The third kappa shape index (κ3) is 5.67. The van der Waals surface area contributed by atoms with Gasteiger partial charge in [0, 0.05) is 11.9 Å². The van der Waals surface area contributed by atoms with E-state index in [1.54, 1.807) is 13.0 Å². The molecule has 0 aliphatic carbocycles. The first-order chi connectivity index (χ1) is 17.8. The second-order valence-corrected chi connectivity index (χ2v) is 9.42. The molecule has 0 spiro atoms. The minimum Gasteiger partial charge on any atom is -0.490 e. The van der Waals surface area contributed by atoms with E-state index in [0.717, 1.165) is 27.5 Å². The van der Waals surface area contributed by atoms with Crippen molar-refractivity contribution in [3.63, 3.8) is 0 Å². The molecule has 0 unspecified atom stereocenters. The number of allylic oxidation sites excluding steroid dienone is 1. The number of benzene rings is 2. The van der Waals surface area contributed by atoms with Crippen LogP contribution in [-0.2, 0) is 14.3 Å². The Kier molecular flexibility index (Phi) is 8.23. The van der Waals surface area contributed by atoms with Gasteiger partial charge in [-0.1, -0.05) is 30.0 Å². The summed E-state index contributed by atoms with van der Waals surface area (Å²) in [4.78, 5) is 32.1. The van der Waals surface area contributed by atoms with Crippen LogP contribution in [0.15, 0.2) is 64.3 Å². The van der Waals surface area contributed by atoms with Gasteiger partial charge in [0.25, 0.3) is 5.91 Å². The quantitative estimate of drug-likeness (QED) is 0.437. The van der Waals surface area contributed by atoms with Crippen molar-refractivity contribution in [3.05, 3.63) is 76.0 Å². The third-order valence-corrected chi connectivity index (χ3v) is 6.91. The molecule has 2 heterocycles. The summed E-state index contributed by atoms with van der Waals surface area (Å²) in [5.41, 5.74) is 4.78. The van der Waals surface area contributed by atoms with Gasteiger partial charge >= 0.3 is 5.97 Å². The number of thioether (sulfide) groups is 1. The topological polar surface area (TPSA) is 89.5 Å². The van der Waals surface area contributed by atoms with Crippen LogP contribution in [0.3, 0.4) is 0 Å². The molecule has 8 nitrogen and oxygen atoms in total. The average Bonchev–Trinajstić information content (AvgIpc) is 3.33. The largest absolute Gasteiger partial charge is 0.490 e. The molecule has 2 aromatic rings. The van der Waals surface area contributed by atoms with E-state index < -0.39 is 12.0 Å². The molecule has 194 valence electrons. The molecule has 0 aromatic heterocycles. The van der Waals surface area contributed by atoms with E-state index in [1.807, 2.05) is 74.5 Å². The summed E-state index contributed by atoms with van der Waals surface area (Å²) < 4.78 is 17.1. The summed E-state index contributed by atoms with van der Waals surface area (Å²) >= 11 is 1.50. The summed E-state index contributed by atoms with van der Waals surface area (Å²) in [7, 11) is 0. The van der Waals surface area contributed by atoms with Crippen molar-refractivity contribution in [2.45, 2.75) is 40.7 Å². The number of aliphatic imine (C=N–C) groups is 1. The number of aryl methyl sites for hydroxylation is 1. The zero-order valence-corrected chi connectivity index (χ0v) is 22.5. The normalized spacial score (nSPS) is 16.3. The van der Waals surface area contributed by atoms with Gasteiger partial charge in [-0.25, -0.2) is 9.79 Å². The first kappa shape index (κ1) is 26.3. The van der Waals surface area contributed by atoms with Crippen LogP contribution in [0.4, 0.5) is 5.69 Å². The smallest absolute Gasteiger partial charge is 0.338 e. The molecular weight excluding hydrogens is 490 g/mol. The molecule has 9 heteroatoms. The molecule has 2 aromatic carbocycles. The number of ether oxygens (including phenoxy) is 3. The minimum atomic E-state index is -0.432. The fourth-order valence-corrected chi connectivity index (χ4v) is 4.99. The Morgan fingerprint density at radius 3 is 2.62 bits per heavy atom. The van der Waals surface area contributed by atoms with E-state index in [2.05, 4.69) is 10.3 Å². The van der Waals surface area contributed by atoms with Gasteiger partial charge in [0.15, 0.2) is 23.3 Å². The molecule has 37 heavy (non-hydrogen) atoms. The van der Waals surface area contributed by atoms with E-state index in [0.29, 0.717) is 29.4 Å². The lowest BCUT2D eigenvalue weighted by Crippen LogP contribution is -2.34. The fourth-order valence-electron chi connectivity index (χ4n) is 4.20. The molecule has 1 amide bonds. The molecule has 0 bridgehead atoms. The Morgan fingerprint density at radius 1 is 1.05 bits per heavy atom. The van der Waals surface area contributed by atoms with Crippen molar-refractivity contribution < 1.29 is 23.8 Å². The van der Waals surface area contributed by atoms with Crippen molar-refractivity contribution in [2.24, 2.45) is 4.99 Å². The number of amidine groups is 1. The van der Waals surface area contributed by atoms with Crippen molar-refractivity contribution in [3.8, 4) is 11.5 Å². The van der Waals surface area contributed by atoms with Gasteiger partial charge in [-0.2, -0.15) is 0 Å². The van der Waals surface area contributed by atoms with Crippen LogP contribution in [0.5, 0.6) is 11.5 Å². The third-order valence-electron chi connectivity index (χ3n) is 6.14. The number of nitrogens with one attached hydrogen (secondary N) is 1. The van der Waals surface area contributed by atoms with Crippen LogP contribution >= 0.6 is 11.8 Å². The maximum absolute atomic E-state index is 12.9. The van der Waals surface area contributed by atoms with Gasteiger partial charge in [-0.05, 0) is 74.9 Å². The van der Waals surface area contributed by atoms with Crippen molar-refractivity contribution in [2.75, 3.05) is 25.1 Å². The van der Waals surface area contributed by atoms with E-state index in [4.69, 9.17) is 14.2 Å². The van der Waals surface area contributed by atoms with Crippen LogP contribution in [0.2, 0.25) is 0 Å². The van der Waals surface area contributed by atoms with Gasteiger partial charge in [0.2, 0.25) is 0 Å². The Hall–Kier alpha value is -3.72. The highest BCUT2D eigenvalue weighted by Crippen LogP contribution is 2.43. The van der Waals surface area contributed by atoms with E-state index >= 15 is 0 Å². The number of carbonyl (C=O) groups excluding carboxylic acids is 2. The van der Waals surface area contributed by atoms with E-state index in [-0.39, 0.29) is 19.1 Å². The summed E-state index contributed by atoms with van der Waals surface area (Å²) in [6, 6.07) is 10.8. The maximum Gasteiger partial charge on any atom is 0.338 e. The number of rotatable bonds is 9. The second kappa shape index (κ2) is 11.6. The van der Waals surface area contributed by atoms with Crippen LogP contribution in [-0.4, -0.2) is 41.8 Å². The van der Waals surface area contributed by atoms with Gasteiger partial charge < -0.3 is 24.4 Å². The predicted molar refractivity (Wildman–Crippen MR) is 146 cm³/mol. The van der Waals surface area contributed by atoms with Gasteiger partial charge in [0.1, 0.15) is 0 Å².